The minimum Gasteiger partial charge on any atom is -0.458 e. The number of carbonyl (C=O) groups excluding carboxylic acids is 3. The van der Waals surface area contributed by atoms with Gasteiger partial charge >= 0.3 is 17.9 Å². The first-order valence-corrected chi connectivity index (χ1v) is 14.4. The Balaban J connectivity index is 1.40. The molecule has 0 radical (unpaired) electrons. The summed E-state index contributed by atoms with van der Waals surface area (Å²) in [5.41, 5.74) is -1.80. The highest BCUT2D eigenvalue weighted by Crippen LogP contribution is 2.64. The molecular formula is C25H36O7S. The summed E-state index contributed by atoms with van der Waals surface area (Å²) >= 11 is 0. The molecule has 9 atom stereocenters. The molecule has 2 bridgehead atoms. The summed E-state index contributed by atoms with van der Waals surface area (Å²) in [6.45, 7) is 7.16. The monoisotopic (exact) mass is 480 g/mol. The third-order valence-electron chi connectivity index (χ3n) is 10.0. The summed E-state index contributed by atoms with van der Waals surface area (Å²) in [6.07, 6.45) is 6.48. The van der Waals surface area contributed by atoms with Gasteiger partial charge < -0.3 is 9.47 Å². The van der Waals surface area contributed by atoms with Crippen molar-refractivity contribution in [1.82, 2.24) is 0 Å². The maximum atomic E-state index is 13.7. The van der Waals surface area contributed by atoms with Crippen LogP contribution in [0.4, 0.5) is 0 Å². The van der Waals surface area contributed by atoms with Crippen molar-refractivity contribution in [3.63, 3.8) is 0 Å². The molecule has 5 rings (SSSR count). The van der Waals surface area contributed by atoms with E-state index in [0.29, 0.717) is 17.8 Å². The molecule has 2 aliphatic heterocycles. The van der Waals surface area contributed by atoms with E-state index < -0.39 is 56.5 Å². The zero-order valence-electron chi connectivity index (χ0n) is 20.0. The maximum absolute atomic E-state index is 13.7. The first kappa shape index (κ1) is 23.3. The largest absolute Gasteiger partial charge is 0.458 e. The lowest BCUT2D eigenvalue weighted by molar-refractivity contribution is -0.186. The van der Waals surface area contributed by atoms with Crippen LogP contribution in [0.2, 0.25) is 0 Å². The minimum atomic E-state index is -3.29. The number of rotatable bonds is 5. The molecule has 184 valence electrons. The lowest BCUT2D eigenvalue weighted by Gasteiger charge is -2.44. The highest BCUT2D eigenvalue weighted by atomic mass is 32.2. The lowest BCUT2D eigenvalue weighted by Crippen LogP contribution is -2.50. The Morgan fingerprint density at radius 3 is 2.45 bits per heavy atom. The first-order chi connectivity index (χ1) is 15.4. The number of ether oxygens (including phenoxy) is 2. The van der Waals surface area contributed by atoms with Crippen LogP contribution in [0.3, 0.4) is 0 Å². The van der Waals surface area contributed by atoms with Crippen molar-refractivity contribution in [2.45, 2.75) is 71.8 Å². The number of carbonyl (C=O) groups is 3. The van der Waals surface area contributed by atoms with Gasteiger partial charge in [-0.1, -0.05) is 20.3 Å². The number of sulfone groups is 1. The van der Waals surface area contributed by atoms with Crippen molar-refractivity contribution >= 4 is 27.7 Å². The minimum absolute atomic E-state index is 0.0161. The van der Waals surface area contributed by atoms with Crippen LogP contribution in [-0.4, -0.2) is 43.4 Å². The summed E-state index contributed by atoms with van der Waals surface area (Å²) in [7, 11) is -3.29. The van der Waals surface area contributed by atoms with Gasteiger partial charge in [-0.2, -0.15) is 0 Å². The average molecular weight is 481 g/mol. The number of cyclic esters (lactones) is 2. The molecule has 0 spiro atoms. The Morgan fingerprint density at radius 2 is 1.82 bits per heavy atom. The third kappa shape index (κ3) is 3.41. The highest BCUT2D eigenvalue weighted by Gasteiger charge is 2.65. The smallest absolute Gasteiger partial charge is 0.318 e. The van der Waals surface area contributed by atoms with Crippen LogP contribution in [0, 0.1) is 52.8 Å². The highest BCUT2D eigenvalue weighted by molar-refractivity contribution is 7.91. The summed E-state index contributed by atoms with van der Waals surface area (Å²) in [6, 6.07) is 0. The fourth-order valence-electron chi connectivity index (χ4n) is 8.44. The summed E-state index contributed by atoms with van der Waals surface area (Å²) in [5.74, 6) is -2.53. The molecule has 9 unspecified atom stereocenters. The van der Waals surface area contributed by atoms with E-state index in [2.05, 4.69) is 6.92 Å². The predicted molar refractivity (Wildman–Crippen MR) is 119 cm³/mol. The van der Waals surface area contributed by atoms with E-state index in [1.807, 2.05) is 0 Å². The van der Waals surface area contributed by atoms with E-state index in [-0.39, 0.29) is 17.4 Å². The van der Waals surface area contributed by atoms with Crippen LogP contribution < -0.4 is 0 Å². The van der Waals surface area contributed by atoms with Crippen molar-refractivity contribution in [2.24, 2.45) is 52.8 Å². The molecule has 0 amide bonds. The molecule has 5 fully saturated rings. The van der Waals surface area contributed by atoms with Gasteiger partial charge in [-0.05, 0) is 75.5 Å². The Kier molecular flexibility index (Phi) is 5.32. The normalized spacial score (nSPS) is 45.9. The Morgan fingerprint density at radius 1 is 1.12 bits per heavy atom. The SMILES string of the molecule is CCC1(OC(=O)C(C)(C)C2C(=O)OC(=O)C2C2CS(=O)(=O)CC2C)CC2CC1C1CCCC21. The molecule has 2 heterocycles. The molecule has 0 aromatic heterocycles. The van der Waals surface area contributed by atoms with Gasteiger partial charge in [-0.3, -0.25) is 14.4 Å². The van der Waals surface area contributed by atoms with Gasteiger partial charge in [0.2, 0.25) is 0 Å². The van der Waals surface area contributed by atoms with E-state index >= 15 is 0 Å². The van der Waals surface area contributed by atoms with Crippen LogP contribution in [0.5, 0.6) is 0 Å². The summed E-state index contributed by atoms with van der Waals surface area (Å²) < 4.78 is 35.8. The number of esters is 3. The molecule has 0 aromatic carbocycles. The lowest BCUT2D eigenvalue weighted by atomic mass is 9.66. The van der Waals surface area contributed by atoms with Gasteiger partial charge in [0.05, 0.1) is 28.8 Å². The van der Waals surface area contributed by atoms with E-state index in [9.17, 15) is 22.8 Å². The number of hydrogen-bond donors (Lipinski definition) is 0. The van der Waals surface area contributed by atoms with Crippen LogP contribution in [0.15, 0.2) is 0 Å². The van der Waals surface area contributed by atoms with E-state index in [0.717, 1.165) is 25.2 Å². The standard InChI is InChI=1S/C25H36O7S/c1-5-25(10-14-9-18(25)16-8-6-7-15(14)16)32-23(28)24(3,4)20-19(21(26)31-22(20)27)17-12-33(29,30)11-13(17)2/h13-20H,5-12H2,1-4H3. The number of fused-ring (bicyclic) bond motifs is 5. The molecular weight excluding hydrogens is 444 g/mol. The zero-order valence-corrected chi connectivity index (χ0v) is 20.9. The Hall–Kier alpha value is -1.44. The topological polar surface area (TPSA) is 104 Å². The molecule has 0 N–H and O–H groups in total. The van der Waals surface area contributed by atoms with Gasteiger partial charge in [0, 0.05) is 5.92 Å². The van der Waals surface area contributed by atoms with Crippen molar-refractivity contribution in [3.8, 4) is 0 Å². The van der Waals surface area contributed by atoms with Crippen molar-refractivity contribution < 1.29 is 32.3 Å². The molecule has 3 aliphatic carbocycles. The van der Waals surface area contributed by atoms with Crippen LogP contribution in [0.25, 0.3) is 0 Å². The van der Waals surface area contributed by atoms with Crippen LogP contribution in [-0.2, 0) is 33.7 Å². The van der Waals surface area contributed by atoms with Gasteiger partial charge in [0.25, 0.3) is 0 Å². The molecule has 33 heavy (non-hydrogen) atoms. The van der Waals surface area contributed by atoms with Gasteiger partial charge in [-0.15, -0.1) is 0 Å². The second-order valence-corrected chi connectivity index (χ2v) is 14.2. The van der Waals surface area contributed by atoms with Gasteiger partial charge in [0.1, 0.15) is 5.60 Å². The molecule has 7 nitrogen and oxygen atoms in total. The van der Waals surface area contributed by atoms with Crippen LogP contribution in [0.1, 0.15) is 66.2 Å². The van der Waals surface area contributed by atoms with Gasteiger partial charge in [0.15, 0.2) is 9.84 Å². The van der Waals surface area contributed by atoms with E-state index in [4.69, 9.17) is 9.47 Å². The van der Waals surface area contributed by atoms with Crippen molar-refractivity contribution in [3.05, 3.63) is 0 Å². The second kappa shape index (κ2) is 7.53. The van der Waals surface area contributed by atoms with Crippen molar-refractivity contribution in [1.29, 1.82) is 0 Å². The quantitative estimate of drug-likeness (QED) is 0.440. The average Bonchev–Trinajstić information content (AvgIpc) is 3.48. The fourth-order valence-corrected chi connectivity index (χ4v) is 10.7. The Labute approximate surface area is 196 Å². The van der Waals surface area contributed by atoms with Crippen LogP contribution >= 0.6 is 0 Å². The number of hydrogen-bond acceptors (Lipinski definition) is 7. The third-order valence-corrected chi connectivity index (χ3v) is 12.0. The molecule has 3 saturated carbocycles. The van der Waals surface area contributed by atoms with Gasteiger partial charge in [-0.25, -0.2) is 8.42 Å². The predicted octanol–water partition coefficient (Wildman–Crippen LogP) is 3.16. The molecule has 2 saturated heterocycles. The first-order valence-electron chi connectivity index (χ1n) is 12.6. The molecule has 5 aliphatic rings. The summed E-state index contributed by atoms with van der Waals surface area (Å²) in [4.78, 5) is 39.2. The second-order valence-electron chi connectivity index (χ2n) is 12.1. The van der Waals surface area contributed by atoms with E-state index in [1.54, 1.807) is 20.8 Å². The van der Waals surface area contributed by atoms with E-state index in [1.165, 1.54) is 19.3 Å². The Bertz CT molecular complexity index is 985. The molecule has 0 aromatic rings. The summed E-state index contributed by atoms with van der Waals surface area (Å²) in [5, 5.41) is 0. The van der Waals surface area contributed by atoms with Crippen molar-refractivity contribution in [2.75, 3.05) is 11.5 Å². The zero-order chi connectivity index (χ0) is 23.9. The molecule has 8 heteroatoms. The maximum Gasteiger partial charge on any atom is 0.318 e. The fraction of sp³-hybridized carbons (Fsp3) is 0.880.